The highest BCUT2D eigenvalue weighted by Crippen LogP contribution is 2.26. The normalized spacial score (nSPS) is 17.4. The van der Waals surface area contributed by atoms with Crippen molar-refractivity contribution < 1.29 is 14.3 Å². The van der Waals surface area contributed by atoms with Gasteiger partial charge in [-0.3, -0.25) is 9.59 Å². The van der Waals surface area contributed by atoms with Gasteiger partial charge in [0.2, 0.25) is 5.91 Å². The standard InChI is InChI=1S/C22H25NO3/c1-22(2,3)18-9-11-19(12-10-18)26-21(25)17-13-20(24)23(15-17)14-16-7-5-4-6-8-16/h4-12,17H,13-15H2,1-3H3/t17-/m1/s1. The van der Waals surface area contributed by atoms with Crippen LogP contribution in [0.3, 0.4) is 0 Å². The molecule has 2 aromatic rings. The maximum absolute atomic E-state index is 12.4. The highest BCUT2D eigenvalue weighted by Gasteiger charge is 2.35. The largest absolute Gasteiger partial charge is 0.426 e. The summed E-state index contributed by atoms with van der Waals surface area (Å²) in [5, 5.41) is 0. The van der Waals surface area contributed by atoms with Crippen LogP contribution in [0.2, 0.25) is 0 Å². The number of ether oxygens (including phenoxy) is 1. The lowest BCUT2D eigenvalue weighted by Gasteiger charge is -2.19. The number of benzene rings is 2. The van der Waals surface area contributed by atoms with Gasteiger partial charge in [-0.05, 0) is 28.7 Å². The molecule has 136 valence electrons. The van der Waals surface area contributed by atoms with Gasteiger partial charge < -0.3 is 9.64 Å². The van der Waals surface area contributed by atoms with Crippen molar-refractivity contribution in [1.29, 1.82) is 0 Å². The van der Waals surface area contributed by atoms with Crippen LogP contribution in [0.1, 0.15) is 38.3 Å². The van der Waals surface area contributed by atoms with Crippen LogP contribution >= 0.6 is 0 Å². The van der Waals surface area contributed by atoms with E-state index in [9.17, 15) is 9.59 Å². The fraction of sp³-hybridized carbons (Fsp3) is 0.364. The fourth-order valence-electron chi connectivity index (χ4n) is 3.11. The number of amides is 1. The monoisotopic (exact) mass is 351 g/mol. The van der Waals surface area contributed by atoms with Crippen LogP contribution in [0, 0.1) is 5.92 Å². The molecule has 1 amide bonds. The molecule has 1 heterocycles. The van der Waals surface area contributed by atoms with Crippen LogP contribution in [-0.4, -0.2) is 23.3 Å². The summed E-state index contributed by atoms with van der Waals surface area (Å²) in [6.07, 6.45) is 0.214. The molecule has 4 nitrogen and oxygen atoms in total. The molecule has 1 aliphatic heterocycles. The lowest BCUT2D eigenvalue weighted by Crippen LogP contribution is -2.27. The summed E-state index contributed by atoms with van der Waals surface area (Å²) in [4.78, 5) is 26.4. The first-order valence-corrected chi connectivity index (χ1v) is 8.97. The number of hydrogen-bond donors (Lipinski definition) is 0. The zero-order chi connectivity index (χ0) is 18.7. The Labute approximate surface area is 154 Å². The van der Waals surface area contributed by atoms with E-state index in [1.54, 1.807) is 4.90 Å². The van der Waals surface area contributed by atoms with Gasteiger partial charge in [0.25, 0.3) is 0 Å². The molecule has 0 spiro atoms. The zero-order valence-corrected chi connectivity index (χ0v) is 15.6. The fourth-order valence-corrected chi connectivity index (χ4v) is 3.11. The Morgan fingerprint density at radius 3 is 2.35 bits per heavy atom. The Balaban J connectivity index is 1.59. The Hall–Kier alpha value is -2.62. The molecule has 0 aromatic heterocycles. The Kier molecular flexibility index (Phi) is 5.12. The van der Waals surface area contributed by atoms with Gasteiger partial charge >= 0.3 is 5.97 Å². The van der Waals surface area contributed by atoms with Crippen LogP contribution in [0.25, 0.3) is 0 Å². The highest BCUT2D eigenvalue weighted by molar-refractivity contribution is 5.87. The van der Waals surface area contributed by atoms with Crippen LogP contribution in [0.5, 0.6) is 5.75 Å². The van der Waals surface area contributed by atoms with Gasteiger partial charge in [0, 0.05) is 19.5 Å². The predicted molar refractivity (Wildman–Crippen MR) is 101 cm³/mol. The molecule has 1 aliphatic rings. The molecule has 0 bridgehead atoms. The zero-order valence-electron chi connectivity index (χ0n) is 15.6. The third-order valence-corrected chi connectivity index (χ3v) is 4.70. The van der Waals surface area contributed by atoms with Gasteiger partial charge in [-0.1, -0.05) is 63.2 Å². The molecule has 1 saturated heterocycles. The maximum atomic E-state index is 12.4. The van der Waals surface area contributed by atoms with Crippen molar-refractivity contribution in [3.8, 4) is 5.75 Å². The third kappa shape index (κ3) is 4.31. The minimum atomic E-state index is -0.409. The molecule has 3 rings (SSSR count). The van der Waals surface area contributed by atoms with Gasteiger partial charge in [-0.15, -0.1) is 0 Å². The molecule has 26 heavy (non-hydrogen) atoms. The molecule has 0 unspecified atom stereocenters. The lowest BCUT2D eigenvalue weighted by molar-refractivity contribution is -0.139. The number of rotatable bonds is 4. The second-order valence-corrected chi connectivity index (χ2v) is 7.86. The average molecular weight is 351 g/mol. The van der Waals surface area contributed by atoms with Crippen molar-refractivity contribution in [2.24, 2.45) is 5.92 Å². The summed E-state index contributed by atoms with van der Waals surface area (Å²) in [5.41, 5.74) is 2.30. The second kappa shape index (κ2) is 7.32. The van der Waals surface area contributed by atoms with Gasteiger partial charge in [0.1, 0.15) is 5.75 Å². The van der Waals surface area contributed by atoms with E-state index in [-0.39, 0.29) is 23.7 Å². The maximum Gasteiger partial charge on any atom is 0.316 e. The molecule has 2 aromatic carbocycles. The molecule has 1 fully saturated rings. The molecular weight excluding hydrogens is 326 g/mol. The Morgan fingerprint density at radius 2 is 1.73 bits per heavy atom. The number of carbonyl (C=O) groups excluding carboxylic acids is 2. The second-order valence-electron chi connectivity index (χ2n) is 7.86. The first-order chi connectivity index (χ1) is 12.3. The summed E-state index contributed by atoms with van der Waals surface area (Å²) in [6.45, 7) is 7.36. The molecule has 0 aliphatic carbocycles. The van der Waals surface area contributed by atoms with Crippen LogP contribution in [0.15, 0.2) is 54.6 Å². The number of esters is 1. The van der Waals surface area contributed by atoms with Gasteiger partial charge in [-0.25, -0.2) is 0 Å². The van der Waals surface area contributed by atoms with Gasteiger partial charge in [-0.2, -0.15) is 0 Å². The minimum Gasteiger partial charge on any atom is -0.426 e. The predicted octanol–water partition coefficient (Wildman–Crippen LogP) is 3.94. The van der Waals surface area contributed by atoms with Crippen LogP contribution in [-0.2, 0) is 21.5 Å². The number of likely N-dealkylation sites (tertiary alicyclic amines) is 1. The van der Waals surface area contributed by atoms with E-state index in [0.717, 1.165) is 5.56 Å². The van der Waals surface area contributed by atoms with Crippen molar-refractivity contribution in [1.82, 2.24) is 4.90 Å². The van der Waals surface area contributed by atoms with Gasteiger partial charge in [0.15, 0.2) is 0 Å². The topological polar surface area (TPSA) is 46.6 Å². The first-order valence-electron chi connectivity index (χ1n) is 8.97. The molecule has 0 N–H and O–H groups in total. The summed E-state index contributed by atoms with van der Waals surface area (Å²) >= 11 is 0. The first kappa shape index (κ1) is 18.2. The van der Waals surface area contributed by atoms with E-state index < -0.39 is 5.92 Å². The van der Waals surface area contributed by atoms with Crippen LogP contribution < -0.4 is 4.74 Å². The average Bonchev–Trinajstić information content (AvgIpc) is 2.96. The van der Waals surface area contributed by atoms with Crippen molar-refractivity contribution >= 4 is 11.9 Å². The Morgan fingerprint density at radius 1 is 1.08 bits per heavy atom. The van der Waals surface area contributed by atoms with Crippen molar-refractivity contribution in [3.05, 3.63) is 65.7 Å². The third-order valence-electron chi connectivity index (χ3n) is 4.70. The lowest BCUT2D eigenvalue weighted by atomic mass is 9.87. The summed E-state index contributed by atoms with van der Waals surface area (Å²) < 4.78 is 5.50. The smallest absolute Gasteiger partial charge is 0.316 e. The van der Waals surface area contributed by atoms with E-state index in [4.69, 9.17) is 4.74 Å². The summed E-state index contributed by atoms with van der Waals surface area (Å²) in [5.74, 6) is -0.221. The SMILES string of the molecule is CC(C)(C)c1ccc(OC(=O)[C@@H]2CC(=O)N(Cc3ccccc3)C2)cc1. The van der Waals surface area contributed by atoms with Crippen molar-refractivity contribution in [2.75, 3.05) is 6.54 Å². The summed E-state index contributed by atoms with van der Waals surface area (Å²) in [7, 11) is 0. The molecular formula is C22H25NO3. The van der Waals surface area contributed by atoms with E-state index in [1.807, 2.05) is 54.6 Å². The molecule has 0 radical (unpaired) electrons. The Bertz CT molecular complexity index is 775. The van der Waals surface area contributed by atoms with Crippen LogP contribution in [0.4, 0.5) is 0 Å². The van der Waals surface area contributed by atoms with E-state index >= 15 is 0 Å². The highest BCUT2D eigenvalue weighted by atomic mass is 16.5. The molecule has 0 saturated carbocycles. The van der Waals surface area contributed by atoms with E-state index in [0.29, 0.717) is 18.8 Å². The molecule has 4 heteroatoms. The van der Waals surface area contributed by atoms with E-state index in [1.165, 1.54) is 5.56 Å². The van der Waals surface area contributed by atoms with E-state index in [2.05, 4.69) is 20.8 Å². The molecule has 1 atom stereocenters. The number of hydrogen-bond acceptors (Lipinski definition) is 3. The number of nitrogens with zero attached hydrogens (tertiary/aromatic N) is 1. The minimum absolute atomic E-state index is 0.00103. The van der Waals surface area contributed by atoms with Crippen molar-refractivity contribution in [2.45, 2.75) is 39.2 Å². The van der Waals surface area contributed by atoms with Crippen molar-refractivity contribution in [3.63, 3.8) is 0 Å². The number of carbonyl (C=O) groups is 2. The summed E-state index contributed by atoms with van der Waals surface area (Å²) in [6, 6.07) is 17.4. The quantitative estimate of drug-likeness (QED) is 0.619. The van der Waals surface area contributed by atoms with Gasteiger partial charge in [0.05, 0.1) is 5.92 Å².